The average Bonchev–Trinajstić information content (AvgIpc) is 2.59. The Hall–Kier alpha value is -1.56. The molecule has 76 valence electrons. The number of ketones is 1. The Labute approximate surface area is 94.3 Å². The molecule has 0 saturated carbocycles. The highest BCUT2D eigenvalue weighted by molar-refractivity contribution is 9.10. The summed E-state index contributed by atoms with van der Waals surface area (Å²) in [6.45, 7) is 0. The van der Waals surface area contributed by atoms with Crippen molar-refractivity contribution >= 4 is 21.7 Å². The van der Waals surface area contributed by atoms with Gasteiger partial charge in [0, 0.05) is 12.6 Å². The predicted octanol–water partition coefficient (Wildman–Crippen LogP) is 1.20. The summed E-state index contributed by atoms with van der Waals surface area (Å²) in [5.41, 5.74) is 0.998. The zero-order valence-corrected chi connectivity index (χ0v) is 9.47. The van der Waals surface area contributed by atoms with E-state index in [1.165, 1.54) is 17.1 Å². The highest BCUT2D eigenvalue weighted by Gasteiger charge is 2.17. The van der Waals surface area contributed by atoms with E-state index in [4.69, 9.17) is 0 Å². The van der Waals surface area contributed by atoms with Crippen LogP contribution in [0.1, 0.15) is 16.1 Å². The molecule has 15 heavy (non-hydrogen) atoms. The number of hydrogen-bond donors (Lipinski definition) is 0. The van der Waals surface area contributed by atoms with Crippen molar-refractivity contribution in [2.24, 2.45) is 7.05 Å². The number of hydrogen-bond acceptors (Lipinski definition) is 4. The molecule has 2 aromatic rings. The van der Waals surface area contributed by atoms with E-state index < -0.39 is 0 Å². The molecule has 2 heterocycles. The Morgan fingerprint density at radius 2 is 2.20 bits per heavy atom. The van der Waals surface area contributed by atoms with Gasteiger partial charge in [0.2, 0.25) is 5.78 Å². The summed E-state index contributed by atoms with van der Waals surface area (Å²) in [4.78, 5) is 12.0. The van der Waals surface area contributed by atoms with Crippen LogP contribution in [0.3, 0.4) is 0 Å². The summed E-state index contributed by atoms with van der Waals surface area (Å²) in [6, 6.07) is 1.62. The van der Waals surface area contributed by atoms with Crippen LogP contribution < -0.4 is 0 Å². The zero-order valence-electron chi connectivity index (χ0n) is 7.88. The Bertz CT molecular complexity index is 475. The van der Waals surface area contributed by atoms with Crippen molar-refractivity contribution in [3.63, 3.8) is 0 Å². The van der Waals surface area contributed by atoms with Gasteiger partial charge in [0.15, 0.2) is 0 Å². The van der Waals surface area contributed by atoms with Crippen molar-refractivity contribution in [3.8, 4) is 0 Å². The monoisotopic (exact) mass is 266 g/mol. The van der Waals surface area contributed by atoms with Gasteiger partial charge in [0.25, 0.3) is 0 Å². The first-order valence-corrected chi connectivity index (χ1v) is 4.98. The molecule has 0 bridgehead atoms. The van der Waals surface area contributed by atoms with Crippen LogP contribution in [0.2, 0.25) is 0 Å². The van der Waals surface area contributed by atoms with Crippen LogP contribution in [-0.2, 0) is 7.05 Å². The standard InChI is InChI=1S/C9H7BrN4O/c1-14-8(7(10)5-13-14)9(15)6-2-3-11-12-4-6/h2-5H,1H3. The minimum atomic E-state index is -0.128. The van der Waals surface area contributed by atoms with Gasteiger partial charge in [-0.3, -0.25) is 9.48 Å². The van der Waals surface area contributed by atoms with Crippen molar-refractivity contribution < 1.29 is 4.79 Å². The molecule has 0 aliphatic heterocycles. The molecule has 0 radical (unpaired) electrons. The van der Waals surface area contributed by atoms with Gasteiger partial charge in [-0.25, -0.2) is 0 Å². The first-order chi connectivity index (χ1) is 7.20. The number of aromatic nitrogens is 4. The van der Waals surface area contributed by atoms with Gasteiger partial charge in [-0.2, -0.15) is 15.3 Å². The van der Waals surface area contributed by atoms with Crippen LogP contribution in [0.25, 0.3) is 0 Å². The van der Waals surface area contributed by atoms with Crippen molar-refractivity contribution in [1.29, 1.82) is 0 Å². The normalized spacial score (nSPS) is 10.3. The smallest absolute Gasteiger partial charge is 0.213 e. The van der Waals surface area contributed by atoms with E-state index in [-0.39, 0.29) is 5.78 Å². The lowest BCUT2D eigenvalue weighted by Gasteiger charge is -2.01. The molecular formula is C9H7BrN4O. The van der Waals surface area contributed by atoms with E-state index in [1.54, 1.807) is 19.3 Å². The molecule has 2 rings (SSSR count). The Kier molecular flexibility index (Phi) is 2.59. The molecule has 0 amide bonds. The number of rotatable bonds is 2. The SMILES string of the molecule is Cn1ncc(Br)c1C(=O)c1ccnnc1. The van der Waals surface area contributed by atoms with E-state index >= 15 is 0 Å². The second-order valence-corrected chi connectivity index (χ2v) is 3.78. The Morgan fingerprint density at radius 1 is 1.40 bits per heavy atom. The van der Waals surface area contributed by atoms with Gasteiger partial charge in [0.1, 0.15) is 5.69 Å². The number of aryl methyl sites for hydroxylation is 1. The maximum absolute atomic E-state index is 12.0. The lowest BCUT2D eigenvalue weighted by Crippen LogP contribution is -2.09. The third-order valence-electron chi connectivity index (χ3n) is 1.96. The maximum Gasteiger partial charge on any atom is 0.213 e. The second-order valence-electron chi connectivity index (χ2n) is 2.92. The van der Waals surface area contributed by atoms with Gasteiger partial charge < -0.3 is 0 Å². The van der Waals surface area contributed by atoms with Crippen LogP contribution in [0.15, 0.2) is 29.1 Å². The second kappa shape index (κ2) is 3.90. The van der Waals surface area contributed by atoms with Gasteiger partial charge in [-0.15, -0.1) is 0 Å². The average molecular weight is 267 g/mol. The number of nitrogens with zero attached hydrogens (tertiary/aromatic N) is 4. The molecule has 0 spiro atoms. The number of carbonyl (C=O) groups is 1. The van der Waals surface area contributed by atoms with E-state index in [0.29, 0.717) is 15.7 Å². The van der Waals surface area contributed by atoms with Gasteiger partial charge in [-0.05, 0) is 22.0 Å². The van der Waals surface area contributed by atoms with Crippen LogP contribution in [0.5, 0.6) is 0 Å². The fourth-order valence-electron chi connectivity index (χ4n) is 1.23. The highest BCUT2D eigenvalue weighted by atomic mass is 79.9. The first-order valence-electron chi connectivity index (χ1n) is 4.19. The van der Waals surface area contributed by atoms with Crippen LogP contribution >= 0.6 is 15.9 Å². The van der Waals surface area contributed by atoms with Crippen LogP contribution in [0.4, 0.5) is 0 Å². The van der Waals surface area contributed by atoms with E-state index in [1.807, 2.05) is 0 Å². The minimum Gasteiger partial charge on any atom is -0.287 e. The summed E-state index contributed by atoms with van der Waals surface area (Å²) in [7, 11) is 1.71. The molecule has 0 aromatic carbocycles. The van der Waals surface area contributed by atoms with E-state index in [2.05, 4.69) is 31.2 Å². The third-order valence-corrected chi connectivity index (χ3v) is 2.54. The molecule has 0 N–H and O–H groups in total. The summed E-state index contributed by atoms with van der Waals surface area (Å²) in [5.74, 6) is -0.128. The Morgan fingerprint density at radius 3 is 2.73 bits per heavy atom. The van der Waals surface area contributed by atoms with Crippen LogP contribution in [-0.4, -0.2) is 25.8 Å². The molecule has 0 aliphatic rings. The summed E-state index contributed by atoms with van der Waals surface area (Å²) < 4.78 is 2.19. The van der Waals surface area contributed by atoms with Crippen LogP contribution in [0, 0.1) is 0 Å². The lowest BCUT2D eigenvalue weighted by molar-refractivity contribution is 0.102. The van der Waals surface area contributed by atoms with Gasteiger partial charge >= 0.3 is 0 Å². The number of halogens is 1. The summed E-state index contributed by atoms with van der Waals surface area (Å²) >= 11 is 3.27. The van der Waals surface area contributed by atoms with E-state index in [9.17, 15) is 4.79 Å². The van der Waals surface area contributed by atoms with Gasteiger partial charge in [-0.1, -0.05) is 0 Å². The van der Waals surface area contributed by atoms with Gasteiger partial charge in [0.05, 0.1) is 23.1 Å². The van der Waals surface area contributed by atoms with Crippen molar-refractivity contribution in [2.45, 2.75) is 0 Å². The molecule has 5 nitrogen and oxygen atoms in total. The molecule has 0 aliphatic carbocycles. The molecule has 0 saturated heterocycles. The molecule has 6 heteroatoms. The Balaban J connectivity index is 2.46. The summed E-state index contributed by atoms with van der Waals surface area (Å²) in [5, 5.41) is 11.3. The van der Waals surface area contributed by atoms with Crippen molar-refractivity contribution in [3.05, 3.63) is 40.4 Å². The molecule has 0 fully saturated rings. The fourth-order valence-corrected chi connectivity index (χ4v) is 1.76. The molecule has 0 atom stereocenters. The maximum atomic E-state index is 12.0. The predicted molar refractivity (Wildman–Crippen MR) is 56.4 cm³/mol. The highest BCUT2D eigenvalue weighted by Crippen LogP contribution is 2.18. The molecule has 2 aromatic heterocycles. The quantitative estimate of drug-likeness (QED) is 0.767. The summed E-state index contributed by atoms with van der Waals surface area (Å²) in [6.07, 6.45) is 4.50. The molecular weight excluding hydrogens is 260 g/mol. The van der Waals surface area contributed by atoms with Crippen molar-refractivity contribution in [2.75, 3.05) is 0 Å². The minimum absolute atomic E-state index is 0.128. The largest absolute Gasteiger partial charge is 0.287 e. The first kappa shape index (κ1) is 9.97. The molecule has 0 unspecified atom stereocenters. The number of carbonyl (C=O) groups excluding carboxylic acids is 1. The van der Waals surface area contributed by atoms with E-state index in [0.717, 1.165) is 0 Å². The third kappa shape index (κ3) is 1.80. The fraction of sp³-hybridized carbons (Fsp3) is 0.111. The zero-order chi connectivity index (χ0) is 10.8. The van der Waals surface area contributed by atoms with Crippen molar-refractivity contribution in [1.82, 2.24) is 20.0 Å². The topological polar surface area (TPSA) is 60.7 Å². The lowest BCUT2D eigenvalue weighted by atomic mass is 10.1.